The molecule has 0 amide bonds. The number of nitrogens with one attached hydrogen (secondary N) is 2. The minimum Gasteiger partial charge on any atom is -0.376 e. The van der Waals surface area contributed by atoms with Crippen LogP contribution >= 0.6 is 0 Å². The summed E-state index contributed by atoms with van der Waals surface area (Å²) >= 11 is 0. The quantitative estimate of drug-likeness (QED) is 0.580. The minimum atomic E-state index is 0.367. The van der Waals surface area contributed by atoms with E-state index in [9.17, 15) is 0 Å². The second-order valence-electron chi connectivity index (χ2n) is 6.13. The van der Waals surface area contributed by atoms with E-state index in [1.165, 1.54) is 19.3 Å². The Hall–Kier alpha value is -0.770. The smallest absolute Gasteiger partial charge is 0.191 e. The van der Waals surface area contributed by atoms with E-state index in [-0.39, 0.29) is 0 Å². The molecular weight excluding hydrogens is 226 g/mol. The normalized spacial score (nSPS) is 30.3. The lowest BCUT2D eigenvalue weighted by Gasteiger charge is -2.14. The summed E-state index contributed by atoms with van der Waals surface area (Å²) in [7, 11) is 0. The Balaban J connectivity index is 1.73. The summed E-state index contributed by atoms with van der Waals surface area (Å²) in [6.07, 6.45) is 4.03. The van der Waals surface area contributed by atoms with E-state index >= 15 is 0 Å². The molecule has 0 spiro atoms. The molecule has 1 saturated heterocycles. The number of guanidine groups is 1. The SMILES string of the molecule is CCNC(=NCC1CC1(C)C)NCC1CCCO1. The van der Waals surface area contributed by atoms with Crippen LogP contribution in [-0.4, -0.2) is 38.3 Å². The molecule has 1 heterocycles. The highest BCUT2D eigenvalue weighted by Gasteiger charge is 2.45. The fraction of sp³-hybridized carbons (Fsp3) is 0.929. The van der Waals surface area contributed by atoms with Gasteiger partial charge in [0.1, 0.15) is 0 Å². The summed E-state index contributed by atoms with van der Waals surface area (Å²) in [5.41, 5.74) is 0.509. The van der Waals surface area contributed by atoms with E-state index in [1.807, 2.05) is 0 Å². The van der Waals surface area contributed by atoms with E-state index in [0.29, 0.717) is 11.5 Å². The number of ether oxygens (including phenoxy) is 1. The van der Waals surface area contributed by atoms with Gasteiger partial charge in [0.15, 0.2) is 5.96 Å². The van der Waals surface area contributed by atoms with Crippen molar-refractivity contribution in [3.05, 3.63) is 0 Å². The Morgan fingerprint density at radius 1 is 1.39 bits per heavy atom. The molecule has 2 rings (SSSR count). The number of rotatable bonds is 5. The highest BCUT2D eigenvalue weighted by atomic mass is 16.5. The molecule has 2 aliphatic rings. The molecule has 1 saturated carbocycles. The van der Waals surface area contributed by atoms with Crippen LogP contribution < -0.4 is 10.6 Å². The molecule has 2 unspecified atom stereocenters. The molecule has 2 fully saturated rings. The summed E-state index contributed by atoms with van der Waals surface area (Å²) in [6, 6.07) is 0. The first-order valence-corrected chi connectivity index (χ1v) is 7.25. The van der Waals surface area contributed by atoms with Gasteiger partial charge in [0.25, 0.3) is 0 Å². The molecule has 0 radical (unpaired) electrons. The average molecular weight is 253 g/mol. The maximum absolute atomic E-state index is 5.61. The molecule has 0 aromatic carbocycles. The summed E-state index contributed by atoms with van der Waals surface area (Å²) in [6.45, 7) is 10.4. The Morgan fingerprint density at radius 2 is 2.17 bits per heavy atom. The van der Waals surface area contributed by atoms with Gasteiger partial charge in [-0.1, -0.05) is 13.8 Å². The molecule has 1 aliphatic carbocycles. The van der Waals surface area contributed by atoms with Gasteiger partial charge in [0, 0.05) is 26.2 Å². The van der Waals surface area contributed by atoms with Gasteiger partial charge in [-0.15, -0.1) is 0 Å². The zero-order valence-corrected chi connectivity index (χ0v) is 12.0. The number of hydrogen-bond donors (Lipinski definition) is 2. The van der Waals surface area contributed by atoms with Crippen molar-refractivity contribution < 1.29 is 4.74 Å². The third kappa shape index (κ3) is 3.87. The molecule has 0 aromatic heterocycles. The van der Waals surface area contributed by atoms with Gasteiger partial charge in [-0.2, -0.15) is 0 Å². The van der Waals surface area contributed by atoms with Crippen molar-refractivity contribution in [2.75, 3.05) is 26.2 Å². The van der Waals surface area contributed by atoms with E-state index < -0.39 is 0 Å². The van der Waals surface area contributed by atoms with Crippen molar-refractivity contribution in [2.24, 2.45) is 16.3 Å². The molecular formula is C14H27N3O. The van der Waals surface area contributed by atoms with Crippen molar-refractivity contribution in [3.63, 3.8) is 0 Å². The molecule has 4 heteroatoms. The van der Waals surface area contributed by atoms with E-state index in [0.717, 1.165) is 38.1 Å². The Labute approximate surface area is 111 Å². The van der Waals surface area contributed by atoms with Gasteiger partial charge < -0.3 is 15.4 Å². The zero-order valence-electron chi connectivity index (χ0n) is 12.0. The Morgan fingerprint density at radius 3 is 2.72 bits per heavy atom. The van der Waals surface area contributed by atoms with Crippen molar-refractivity contribution >= 4 is 5.96 Å². The van der Waals surface area contributed by atoms with Gasteiger partial charge in [0.2, 0.25) is 0 Å². The topological polar surface area (TPSA) is 45.7 Å². The third-order valence-electron chi connectivity index (χ3n) is 4.05. The zero-order chi connectivity index (χ0) is 13.0. The number of hydrogen-bond acceptors (Lipinski definition) is 2. The summed E-state index contributed by atoms with van der Waals surface area (Å²) in [5, 5.41) is 6.69. The maximum atomic E-state index is 5.61. The van der Waals surface area contributed by atoms with Crippen LogP contribution in [0.4, 0.5) is 0 Å². The van der Waals surface area contributed by atoms with Crippen LogP contribution in [0.15, 0.2) is 4.99 Å². The van der Waals surface area contributed by atoms with Crippen LogP contribution in [0.25, 0.3) is 0 Å². The van der Waals surface area contributed by atoms with Crippen molar-refractivity contribution in [2.45, 2.75) is 46.1 Å². The van der Waals surface area contributed by atoms with Gasteiger partial charge in [-0.05, 0) is 37.5 Å². The van der Waals surface area contributed by atoms with E-state index in [4.69, 9.17) is 4.74 Å². The minimum absolute atomic E-state index is 0.367. The molecule has 4 nitrogen and oxygen atoms in total. The third-order valence-corrected chi connectivity index (χ3v) is 4.05. The van der Waals surface area contributed by atoms with Gasteiger partial charge >= 0.3 is 0 Å². The number of nitrogens with zero attached hydrogens (tertiary/aromatic N) is 1. The van der Waals surface area contributed by atoms with E-state index in [1.54, 1.807) is 0 Å². The Kier molecular flexibility index (Phi) is 4.49. The highest BCUT2D eigenvalue weighted by Crippen LogP contribution is 2.51. The predicted molar refractivity (Wildman–Crippen MR) is 74.8 cm³/mol. The van der Waals surface area contributed by atoms with Crippen LogP contribution in [-0.2, 0) is 4.74 Å². The molecule has 0 aromatic rings. The van der Waals surface area contributed by atoms with Crippen molar-refractivity contribution in [1.82, 2.24) is 10.6 Å². The molecule has 1 aliphatic heterocycles. The molecule has 0 bridgehead atoms. The van der Waals surface area contributed by atoms with Crippen LogP contribution in [0.5, 0.6) is 0 Å². The first-order valence-electron chi connectivity index (χ1n) is 7.25. The first kappa shape index (κ1) is 13.7. The molecule has 2 N–H and O–H groups in total. The van der Waals surface area contributed by atoms with Crippen molar-refractivity contribution in [1.29, 1.82) is 0 Å². The Bertz CT molecular complexity index is 295. The standard InChI is InChI=1S/C14H27N3O/c1-4-15-13(16-9-11-8-14(11,2)3)17-10-12-6-5-7-18-12/h11-12H,4-10H2,1-3H3,(H2,15,16,17). The monoisotopic (exact) mass is 253 g/mol. The van der Waals surface area contributed by atoms with Crippen LogP contribution in [0.1, 0.15) is 40.0 Å². The molecule has 2 atom stereocenters. The van der Waals surface area contributed by atoms with E-state index in [2.05, 4.69) is 36.4 Å². The summed E-state index contributed by atoms with van der Waals surface area (Å²) in [4.78, 5) is 4.67. The van der Waals surface area contributed by atoms with Crippen molar-refractivity contribution in [3.8, 4) is 0 Å². The maximum Gasteiger partial charge on any atom is 0.191 e. The van der Waals surface area contributed by atoms with Gasteiger partial charge in [-0.3, -0.25) is 4.99 Å². The second-order valence-corrected chi connectivity index (χ2v) is 6.13. The van der Waals surface area contributed by atoms with Crippen LogP contribution in [0.2, 0.25) is 0 Å². The first-order chi connectivity index (χ1) is 8.62. The lowest BCUT2D eigenvalue weighted by atomic mass is 10.1. The largest absolute Gasteiger partial charge is 0.376 e. The average Bonchev–Trinajstić information content (AvgIpc) is 2.77. The second kappa shape index (κ2) is 5.91. The molecule has 104 valence electrons. The number of aliphatic imine (C=N–C) groups is 1. The van der Waals surface area contributed by atoms with Gasteiger partial charge in [-0.25, -0.2) is 0 Å². The summed E-state index contributed by atoms with van der Waals surface area (Å²) < 4.78 is 5.61. The lowest BCUT2D eigenvalue weighted by Crippen LogP contribution is -2.41. The highest BCUT2D eigenvalue weighted by molar-refractivity contribution is 5.79. The lowest BCUT2D eigenvalue weighted by molar-refractivity contribution is 0.114. The van der Waals surface area contributed by atoms with Gasteiger partial charge in [0.05, 0.1) is 6.10 Å². The van der Waals surface area contributed by atoms with Crippen LogP contribution in [0.3, 0.4) is 0 Å². The predicted octanol–water partition coefficient (Wildman–Crippen LogP) is 1.77. The fourth-order valence-corrected chi connectivity index (χ4v) is 2.45. The molecule has 18 heavy (non-hydrogen) atoms. The van der Waals surface area contributed by atoms with Crippen LogP contribution in [0, 0.1) is 11.3 Å². The summed E-state index contributed by atoms with van der Waals surface area (Å²) in [5.74, 6) is 1.70. The fourth-order valence-electron chi connectivity index (χ4n) is 2.45.